The normalized spacial score (nSPS) is 18.3. The predicted octanol–water partition coefficient (Wildman–Crippen LogP) is 6.20. The maximum absolute atomic E-state index is 13.6. The number of anilines is 2. The lowest BCUT2D eigenvalue weighted by atomic mass is 9.70. The van der Waals surface area contributed by atoms with Crippen LogP contribution in [0, 0.1) is 35.4 Å². The molecule has 0 radical (unpaired) electrons. The third-order valence-corrected chi connectivity index (χ3v) is 9.14. The van der Waals surface area contributed by atoms with E-state index in [9.17, 15) is 19.2 Å². The SMILES string of the molecule is Cc1ccc(F)cc1NC(=O)CSc1nnc(N2C(N)=C(C#N)C(/C=C/c3ccccc3)C3=C2CC(C)(C)CC3=O)s1. The van der Waals surface area contributed by atoms with Crippen molar-refractivity contribution < 1.29 is 14.0 Å². The zero-order valence-electron chi connectivity index (χ0n) is 23.3. The summed E-state index contributed by atoms with van der Waals surface area (Å²) in [4.78, 5) is 27.8. The van der Waals surface area contributed by atoms with Gasteiger partial charge in [0.15, 0.2) is 10.1 Å². The van der Waals surface area contributed by atoms with Gasteiger partial charge in [-0.25, -0.2) is 4.39 Å². The molecule has 1 unspecified atom stereocenters. The Morgan fingerprint density at radius 3 is 2.76 bits per heavy atom. The van der Waals surface area contributed by atoms with Crippen molar-refractivity contribution in [2.45, 2.75) is 38.0 Å². The van der Waals surface area contributed by atoms with Crippen molar-refractivity contribution in [1.29, 1.82) is 5.26 Å². The number of Topliss-reactive ketones (excluding diaryl/α,β-unsaturated/α-hetero) is 1. The number of hydrogen-bond acceptors (Lipinski definition) is 9. The standard InChI is InChI=1S/C31H29FN6O2S2/c1-18-9-11-20(32)13-23(18)35-26(40)17-41-30-37-36-29(42-30)38-24-14-31(2,3)15-25(39)27(24)21(22(16-33)28(38)34)12-10-19-7-5-4-6-8-19/h4-13,21H,14-15,17,34H2,1-3H3,(H,35,40)/b12-10+. The number of carbonyl (C=O) groups is 2. The number of allylic oxidation sites excluding steroid dienone is 4. The minimum absolute atomic E-state index is 0.0300. The number of amides is 1. The molecule has 2 aliphatic rings. The summed E-state index contributed by atoms with van der Waals surface area (Å²) < 4.78 is 14.1. The summed E-state index contributed by atoms with van der Waals surface area (Å²) in [6.45, 7) is 5.84. The van der Waals surface area contributed by atoms with E-state index in [1.807, 2.05) is 56.3 Å². The number of ketones is 1. The van der Waals surface area contributed by atoms with Crippen molar-refractivity contribution in [2.24, 2.45) is 17.1 Å². The number of thioether (sulfide) groups is 1. The first kappa shape index (κ1) is 29.2. The van der Waals surface area contributed by atoms with E-state index in [1.165, 1.54) is 35.2 Å². The average molecular weight is 601 g/mol. The second-order valence-electron chi connectivity index (χ2n) is 10.9. The molecule has 1 aliphatic heterocycles. The van der Waals surface area contributed by atoms with Crippen molar-refractivity contribution in [2.75, 3.05) is 16.0 Å². The summed E-state index contributed by atoms with van der Waals surface area (Å²) >= 11 is 2.40. The summed E-state index contributed by atoms with van der Waals surface area (Å²) in [5.74, 6) is -1.12. The van der Waals surface area contributed by atoms with Crippen molar-refractivity contribution in [1.82, 2.24) is 10.2 Å². The zero-order chi connectivity index (χ0) is 30.0. The Kier molecular flexibility index (Phi) is 8.29. The Bertz CT molecular complexity index is 1690. The Balaban J connectivity index is 1.43. The number of hydrogen-bond donors (Lipinski definition) is 2. The Labute approximate surface area is 251 Å². The average Bonchev–Trinajstić information content (AvgIpc) is 3.40. The van der Waals surface area contributed by atoms with E-state index in [1.54, 1.807) is 17.9 Å². The van der Waals surface area contributed by atoms with Crippen molar-refractivity contribution in [3.05, 3.63) is 94.2 Å². The molecule has 8 nitrogen and oxygen atoms in total. The molecule has 0 bridgehead atoms. The fraction of sp³-hybridized carbons (Fsp3) is 0.258. The number of nitrogens with one attached hydrogen (secondary N) is 1. The van der Waals surface area contributed by atoms with Crippen molar-refractivity contribution >= 4 is 51.7 Å². The summed E-state index contributed by atoms with van der Waals surface area (Å²) in [6.07, 6.45) is 4.67. The summed E-state index contributed by atoms with van der Waals surface area (Å²) in [5, 5.41) is 21.9. The molecule has 0 saturated carbocycles. The largest absolute Gasteiger partial charge is 0.384 e. The van der Waals surface area contributed by atoms with Gasteiger partial charge in [0.2, 0.25) is 11.0 Å². The molecule has 2 aromatic carbocycles. The van der Waals surface area contributed by atoms with Crippen LogP contribution in [0.4, 0.5) is 15.2 Å². The molecule has 0 spiro atoms. The lowest BCUT2D eigenvalue weighted by Crippen LogP contribution is -2.42. The number of nitrogens with zero attached hydrogens (tertiary/aromatic N) is 4. The number of aryl methyl sites for hydroxylation is 1. The highest BCUT2D eigenvalue weighted by Crippen LogP contribution is 2.48. The van der Waals surface area contributed by atoms with Crippen LogP contribution in [0.1, 0.15) is 37.8 Å². The zero-order valence-corrected chi connectivity index (χ0v) is 25.0. The highest BCUT2D eigenvalue weighted by molar-refractivity contribution is 8.01. The number of rotatable bonds is 7. The van der Waals surface area contributed by atoms with E-state index >= 15 is 0 Å². The van der Waals surface area contributed by atoms with E-state index in [0.717, 1.165) is 11.1 Å². The Hall–Kier alpha value is -4.27. The van der Waals surface area contributed by atoms with Gasteiger partial charge >= 0.3 is 0 Å². The third-order valence-electron chi connectivity index (χ3n) is 7.09. The quantitative estimate of drug-likeness (QED) is 0.307. The second-order valence-corrected chi connectivity index (χ2v) is 13.1. The Morgan fingerprint density at radius 1 is 1.26 bits per heavy atom. The first-order chi connectivity index (χ1) is 20.1. The van der Waals surface area contributed by atoms with E-state index in [2.05, 4.69) is 21.6 Å². The van der Waals surface area contributed by atoms with Crippen LogP contribution in [0.3, 0.4) is 0 Å². The third kappa shape index (κ3) is 6.15. The van der Waals surface area contributed by atoms with Crippen LogP contribution in [-0.2, 0) is 9.59 Å². The first-order valence-electron chi connectivity index (χ1n) is 13.3. The molecule has 0 saturated heterocycles. The molecule has 2 heterocycles. The van der Waals surface area contributed by atoms with Crippen LogP contribution in [0.5, 0.6) is 0 Å². The maximum atomic E-state index is 13.6. The Morgan fingerprint density at radius 2 is 2.02 bits per heavy atom. The van der Waals surface area contributed by atoms with E-state index in [0.29, 0.717) is 39.3 Å². The minimum Gasteiger partial charge on any atom is -0.384 e. The highest BCUT2D eigenvalue weighted by Gasteiger charge is 2.44. The van der Waals surface area contributed by atoms with Crippen LogP contribution < -0.4 is 16.0 Å². The molecular weight excluding hydrogens is 572 g/mol. The lowest BCUT2D eigenvalue weighted by molar-refractivity contribution is -0.118. The fourth-order valence-electron chi connectivity index (χ4n) is 5.13. The minimum atomic E-state index is -0.582. The topological polar surface area (TPSA) is 125 Å². The van der Waals surface area contributed by atoms with Gasteiger partial charge in [-0.3, -0.25) is 14.5 Å². The van der Waals surface area contributed by atoms with Crippen LogP contribution in [0.2, 0.25) is 0 Å². The predicted molar refractivity (Wildman–Crippen MR) is 164 cm³/mol. The van der Waals surface area contributed by atoms with E-state index in [4.69, 9.17) is 5.73 Å². The van der Waals surface area contributed by atoms with Gasteiger partial charge in [0.05, 0.1) is 17.4 Å². The molecule has 5 rings (SSSR count). The van der Waals surface area contributed by atoms with Crippen molar-refractivity contribution in [3.63, 3.8) is 0 Å². The number of carbonyl (C=O) groups excluding carboxylic acids is 2. The second kappa shape index (κ2) is 11.9. The summed E-state index contributed by atoms with van der Waals surface area (Å²) in [6, 6.07) is 16.1. The number of nitrogens with two attached hydrogens (primary N) is 1. The molecule has 1 atom stereocenters. The van der Waals surface area contributed by atoms with E-state index in [-0.39, 0.29) is 34.3 Å². The molecule has 42 heavy (non-hydrogen) atoms. The van der Waals surface area contributed by atoms with Crippen LogP contribution in [-0.4, -0.2) is 27.6 Å². The first-order valence-corrected chi connectivity index (χ1v) is 15.1. The van der Waals surface area contributed by atoms with Crippen LogP contribution in [0.25, 0.3) is 6.08 Å². The maximum Gasteiger partial charge on any atom is 0.234 e. The molecule has 11 heteroatoms. The summed E-state index contributed by atoms with van der Waals surface area (Å²) in [5.41, 5.74) is 9.96. The van der Waals surface area contributed by atoms with Crippen molar-refractivity contribution in [3.8, 4) is 6.07 Å². The molecule has 3 N–H and O–H groups in total. The molecule has 1 aromatic heterocycles. The smallest absolute Gasteiger partial charge is 0.234 e. The molecule has 3 aromatic rings. The van der Waals surface area contributed by atoms with Crippen LogP contribution in [0.15, 0.2) is 81.6 Å². The molecule has 1 aliphatic carbocycles. The van der Waals surface area contributed by atoms with Gasteiger partial charge in [-0.15, -0.1) is 10.2 Å². The molecule has 214 valence electrons. The van der Waals surface area contributed by atoms with Gasteiger partial charge in [-0.05, 0) is 42.0 Å². The van der Waals surface area contributed by atoms with Gasteiger partial charge in [0, 0.05) is 29.3 Å². The molecule has 1 amide bonds. The number of aromatic nitrogens is 2. The monoisotopic (exact) mass is 600 g/mol. The summed E-state index contributed by atoms with van der Waals surface area (Å²) in [7, 11) is 0. The van der Waals surface area contributed by atoms with Gasteiger partial charge in [-0.2, -0.15) is 5.26 Å². The van der Waals surface area contributed by atoms with E-state index < -0.39 is 11.7 Å². The van der Waals surface area contributed by atoms with Gasteiger partial charge in [0.25, 0.3) is 0 Å². The number of halogens is 1. The van der Waals surface area contributed by atoms with Gasteiger partial charge in [0.1, 0.15) is 11.6 Å². The van der Waals surface area contributed by atoms with Gasteiger partial charge < -0.3 is 11.1 Å². The number of nitriles is 1. The molecule has 0 fully saturated rings. The fourth-order valence-corrected chi connectivity index (χ4v) is 6.81. The lowest BCUT2D eigenvalue weighted by Gasteiger charge is -2.41. The van der Waals surface area contributed by atoms with Gasteiger partial charge in [-0.1, -0.05) is 85.5 Å². The number of benzene rings is 2. The molecular formula is C31H29FN6O2S2. The highest BCUT2D eigenvalue weighted by atomic mass is 32.2. The van der Waals surface area contributed by atoms with Crippen LogP contribution >= 0.6 is 23.1 Å².